The van der Waals surface area contributed by atoms with Crippen molar-refractivity contribution in [3.05, 3.63) is 82.3 Å². The van der Waals surface area contributed by atoms with Crippen molar-refractivity contribution in [2.24, 2.45) is 0 Å². The highest BCUT2D eigenvalue weighted by atomic mass is 16.6. The van der Waals surface area contributed by atoms with Crippen LogP contribution in [0.5, 0.6) is 5.75 Å². The molecule has 0 bridgehead atoms. The van der Waals surface area contributed by atoms with Crippen molar-refractivity contribution in [2.45, 2.75) is 13.3 Å². The molecule has 0 aliphatic heterocycles. The fourth-order valence-electron chi connectivity index (χ4n) is 3.26. The third kappa shape index (κ3) is 4.38. The topological polar surface area (TPSA) is 125 Å². The minimum Gasteiger partial charge on any atom is -0.491 e. The van der Waals surface area contributed by atoms with Crippen LogP contribution in [0.3, 0.4) is 0 Å². The van der Waals surface area contributed by atoms with Gasteiger partial charge in [-0.2, -0.15) is 0 Å². The van der Waals surface area contributed by atoms with Gasteiger partial charge in [-0.3, -0.25) is 19.9 Å². The van der Waals surface area contributed by atoms with E-state index in [9.17, 15) is 14.9 Å². The van der Waals surface area contributed by atoms with Gasteiger partial charge >= 0.3 is 0 Å². The highest BCUT2D eigenvalue weighted by molar-refractivity contribution is 5.93. The Balaban J connectivity index is 1.33. The van der Waals surface area contributed by atoms with Crippen molar-refractivity contribution in [1.82, 2.24) is 25.3 Å². The van der Waals surface area contributed by atoms with Crippen LogP contribution in [0.2, 0.25) is 0 Å². The summed E-state index contributed by atoms with van der Waals surface area (Å²) in [6, 6.07) is 15.6. The quantitative estimate of drug-likeness (QED) is 0.257. The van der Waals surface area contributed by atoms with E-state index in [2.05, 4.69) is 20.6 Å². The zero-order chi connectivity index (χ0) is 22.5. The first-order valence-electron chi connectivity index (χ1n) is 9.96. The summed E-state index contributed by atoms with van der Waals surface area (Å²) < 4.78 is 7.22. The summed E-state index contributed by atoms with van der Waals surface area (Å²) in [5.74, 6) is 0.330. The number of non-ortho nitro benzene ring substituents is 1. The number of carbonyl (C=O) groups excluding carboxylic acids is 1. The molecule has 4 aromatic rings. The summed E-state index contributed by atoms with van der Waals surface area (Å²) >= 11 is 0. The molecular formula is C22H20N6O4. The molecule has 1 N–H and O–H groups in total. The Morgan fingerprint density at radius 1 is 1.19 bits per heavy atom. The molecule has 0 saturated heterocycles. The second-order valence-electron chi connectivity index (χ2n) is 7.00. The van der Waals surface area contributed by atoms with Crippen LogP contribution in [-0.4, -0.2) is 44.0 Å². The predicted octanol–water partition coefficient (Wildman–Crippen LogP) is 3.23. The smallest absolute Gasteiger partial charge is 0.273 e. The van der Waals surface area contributed by atoms with Gasteiger partial charge in [0.05, 0.1) is 22.9 Å². The van der Waals surface area contributed by atoms with Crippen LogP contribution < -0.4 is 10.1 Å². The maximum absolute atomic E-state index is 12.5. The van der Waals surface area contributed by atoms with Crippen molar-refractivity contribution in [3.8, 4) is 11.4 Å². The molecule has 2 heterocycles. The van der Waals surface area contributed by atoms with E-state index >= 15 is 0 Å². The van der Waals surface area contributed by atoms with Crippen LogP contribution in [0.25, 0.3) is 16.6 Å². The van der Waals surface area contributed by atoms with E-state index in [-0.39, 0.29) is 17.3 Å². The van der Waals surface area contributed by atoms with Gasteiger partial charge in [0.15, 0.2) is 5.69 Å². The number of amides is 1. The van der Waals surface area contributed by atoms with Crippen molar-refractivity contribution >= 4 is 22.5 Å². The number of nitrogens with one attached hydrogen (secondary N) is 1. The number of rotatable bonds is 8. The average Bonchev–Trinajstić information content (AvgIpc) is 3.20. The first kappa shape index (κ1) is 20.9. The summed E-state index contributed by atoms with van der Waals surface area (Å²) in [4.78, 5) is 27.4. The van der Waals surface area contributed by atoms with E-state index in [1.165, 1.54) is 16.8 Å². The van der Waals surface area contributed by atoms with E-state index in [0.29, 0.717) is 36.7 Å². The highest BCUT2D eigenvalue weighted by Gasteiger charge is 2.18. The summed E-state index contributed by atoms with van der Waals surface area (Å²) in [7, 11) is 0. The van der Waals surface area contributed by atoms with Gasteiger partial charge in [-0.15, -0.1) is 5.10 Å². The minimum atomic E-state index is -0.486. The Labute approximate surface area is 183 Å². The molecule has 10 heteroatoms. The highest BCUT2D eigenvalue weighted by Crippen LogP contribution is 2.23. The van der Waals surface area contributed by atoms with Crippen LogP contribution in [-0.2, 0) is 0 Å². The molecule has 10 nitrogen and oxygen atoms in total. The fraction of sp³-hybridized carbons (Fsp3) is 0.182. The van der Waals surface area contributed by atoms with Crippen LogP contribution in [0.1, 0.15) is 22.6 Å². The van der Waals surface area contributed by atoms with Gasteiger partial charge in [0.25, 0.3) is 11.6 Å². The molecule has 2 aromatic heterocycles. The van der Waals surface area contributed by atoms with E-state index in [0.717, 1.165) is 10.9 Å². The first-order chi connectivity index (χ1) is 15.5. The predicted molar refractivity (Wildman–Crippen MR) is 117 cm³/mol. The molecule has 0 unspecified atom stereocenters. The van der Waals surface area contributed by atoms with Crippen LogP contribution >= 0.6 is 0 Å². The lowest BCUT2D eigenvalue weighted by molar-refractivity contribution is -0.384. The van der Waals surface area contributed by atoms with Gasteiger partial charge in [-0.25, -0.2) is 4.68 Å². The number of nitrogens with zero attached hydrogens (tertiary/aromatic N) is 5. The van der Waals surface area contributed by atoms with Crippen molar-refractivity contribution in [2.75, 3.05) is 13.2 Å². The summed E-state index contributed by atoms with van der Waals surface area (Å²) in [5, 5.41) is 22.7. The molecule has 4 rings (SSSR count). The third-order valence-corrected chi connectivity index (χ3v) is 4.85. The molecule has 0 fully saturated rings. The third-order valence-electron chi connectivity index (χ3n) is 4.85. The number of aromatic nitrogens is 4. The number of hydrogen-bond donors (Lipinski definition) is 1. The molecule has 32 heavy (non-hydrogen) atoms. The van der Waals surface area contributed by atoms with Crippen LogP contribution in [0.15, 0.2) is 60.8 Å². The van der Waals surface area contributed by atoms with Crippen molar-refractivity contribution < 1.29 is 14.5 Å². The van der Waals surface area contributed by atoms with Crippen molar-refractivity contribution in [3.63, 3.8) is 0 Å². The number of hydrogen-bond acceptors (Lipinski definition) is 7. The Kier molecular flexibility index (Phi) is 6.02. The van der Waals surface area contributed by atoms with Gasteiger partial charge < -0.3 is 10.1 Å². The molecule has 0 aliphatic carbocycles. The van der Waals surface area contributed by atoms with E-state index in [4.69, 9.17) is 4.74 Å². The number of fused-ring (bicyclic) bond motifs is 1. The SMILES string of the molecule is Cc1c(C(=O)NCCCOc2cccc3cccnc23)nnn1-c1cccc([N+](=O)[O-])c1. The molecule has 2 aromatic carbocycles. The number of nitro groups is 1. The summed E-state index contributed by atoms with van der Waals surface area (Å²) in [6.45, 7) is 2.49. The number of nitro benzene ring substituents is 1. The van der Waals surface area contributed by atoms with Crippen LogP contribution in [0, 0.1) is 17.0 Å². The summed E-state index contributed by atoms with van der Waals surface area (Å²) in [6.07, 6.45) is 2.31. The number of pyridine rings is 1. The Morgan fingerprint density at radius 3 is 2.84 bits per heavy atom. The molecule has 0 spiro atoms. The molecule has 0 atom stereocenters. The fourth-order valence-corrected chi connectivity index (χ4v) is 3.26. The number of benzene rings is 2. The first-order valence-corrected chi connectivity index (χ1v) is 9.96. The lowest BCUT2D eigenvalue weighted by Crippen LogP contribution is -2.26. The Morgan fingerprint density at radius 2 is 2.00 bits per heavy atom. The zero-order valence-corrected chi connectivity index (χ0v) is 17.3. The lowest BCUT2D eigenvalue weighted by Gasteiger charge is -2.09. The molecule has 0 radical (unpaired) electrons. The lowest BCUT2D eigenvalue weighted by atomic mass is 10.2. The number of carbonyl (C=O) groups is 1. The molecule has 162 valence electrons. The largest absolute Gasteiger partial charge is 0.491 e. The van der Waals surface area contributed by atoms with Gasteiger partial charge in [0.1, 0.15) is 11.3 Å². The van der Waals surface area contributed by atoms with E-state index in [1.54, 1.807) is 25.3 Å². The molecule has 0 saturated carbocycles. The van der Waals surface area contributed by atoms with E-state index in [1.807, 2.05) is 30.3 Å². The normalized spacial score (nSPS) is 10.8. The summed E-state index contributed by atoms with van der Waals surface area (Å²) in [5.41, 5.74) is 1.84. The zero-order valence-electron chi connectivity index (χ0n) is 17.3. The van der Waals surface area contributed by atoms with Gasteiger partial charge in [0.2, 0.25) is 0 Å². The number of para-hydroxylation sites is 1. The average molecular weight is 432 g/mol. The van der Waals surface area contributed by atoms with Crippen LogP contribution in [0.4, 0.5) is 5.69 Å². The second-order valence-corrected chi connectivity index (χ2v) is 7.00. The van der Waals surface area contributed by atoms with Gasteiger partial charge in [-0.1, -0.05) is 29.5 Å². The minimum absolute atomic E-state index is 0.0650. The standard InChI is InChI=1S/C22H20N6O4/c1-15-20(25-26-27(15)17-8-3-9-18(14-17)28(30)31)22(29)24-12-5-13-32-19-10-2-6-16-7-4-11-23-21(16)19/h2-4,6-11,14H,5,12-13H2,1H3,(H,24,29). The van der Waals surface area contributed by atoms with Gasteiger partial charge in [0, 0.05) is 30.3 Å². The molecule has 1 amide bonds. The molecule has 0 aliphatic rings. The molecular weight excluding hydrogens is 412 g/mol. The monoisotopic (exact) mass is 432 g/mol. The Hall–Kier alpha value is -4.34. The number of ether oxygens (including phenoxy) is 1. The maximum Gasteiger partial charge on any atom is 0.273 e. The van der Waals surface area contributed by atoms with Crippen molar-refractivity contribution in [1.29, 1.82) is 0 Å². The second kappa shape index (κ2) is 9.21. The Bertz CT molecular complexity index is 1280. The maximum atomic E-state index is 12.5. The van der Waals surface area contributed by atoms with E-state index < -0.39 is 4.92 Å². The van der Waals surface area contributed by atoms with Gasteiger partial charge in [-0.05, 0) is 31.5 Å².